The molecule has 0 radical (unpaired) electrons. The monoisotopic (exact) mass is 513 g/mol. The first-order valence-corrected chi connectivity index (χ1v) is 12.5. The molecule has 2 aromatic rings. The maximum Gasteiger partial charge on any atom is 0.416 e. The van der Waals surface area contributed by atoms with Crippen molar-refractivity contribution in [1.82, 2.24) is 15.0 Å². The van der Waals surface area contributed by atoms with Crippen molar-refractivity contribution in [3.8, 4) is 0 Å². The van der Waals surface area contributed by atoms with Crippen LogP contribution in [-0.4, -0.2) is 58.7 Å². The molecule has 4 rings (SSSR count). The van der Waals surface area contributed by atoms with Crippen LogP contribution in [0.15, 0.2) is 16.9 Å². The molecular formula is C23H30F3N5O3S. The van der Waals surface area contributed by atoms with E-state index in [1.54, 1.807) is 0 Å². The number of hydrogen-bond donors (Lipinski definition) is 0. The first-order valence-electron chi connectivity index (χ1n) is 11.7. The van der Waals surface area contributed by atoms with Crippen molar-refractivity contribution in [3.05, 3.63) is 38.2 Å². The minimum Gasteiger partial charge on any atom is -0.345 e. The van der Waals surface area contributed by atoms with Crippen LogP contribution in [0.4, 0.5) is 24.0 Å². The van der Waals surface area contributed by atoms with Crippen molar-refractivity contribution in [2.45, 2.75) is 64.7 Å². The molecule has 1 saturated carbocycles. The number of non-ortho nitro benzene ring substituents is 1. The summed E-state index contributed by atoms with van der Waals surface area (Å²) in [6.45, 7) is 8.48. The Morgan fingerprint density at radius 3 is 2.46 bits per heavy atom. The van der Waals surface area contributed by atoms with Gasteiger partial charge >= 0.3 is 6.18 Å². The molecule has 192 valence electrons. The van der Waals surface area contributed by atoms with Crippen LogP contribution in [0.2, 0.25) is 0 Å². The van der Waals surface area contributed by atoms with Gasteiger partial charge in [-0.2, -0.15) is 18.2 Å². The van der Waals surface area contributed by atoms with E-state index in [0.717, 1.165) is 24.2 Å². The van der Waals surface area contributed by atoms with Gasteiger partial charge in [0.15, 0.2) is 5.13 Å². The summed E-state index contributed by atoms with van der Waals surface area (Å²) in [6, 6.07) is 1.71. The van der Waals surface area contributed by atoms with Crippen LogP contribution in [0.5, 0.6) is 0 Å². The van der Waals surface area contributed by atoms with Gasteiger partial charge in [0.1, 0.15) is 4.70 Å². The Morgan fingerprint density at radius 1 is 1.23 bits per heavy atom. The van der Waals surface area contributed by atoms with Crippen molar-refractivity contribution in [2.75, 3.05) is 31.6 Å². The Labute approximate surface area is 205 Å². The first kappa shape index (κ1) is 25.8. The third-order valence-electron chi connectivity index (χ3n) is 7.32. The average molecular weight is 514 g/mol. The summed E-state index contributed by atoms with van der Waals surface area (Å²) in [4.78, 5) is 29.3. The number of benzene rings is 1. The van der Waals surface area contributed by atoms with Gasteiger partial charge in [0.05, 0.1) is 15.9 Å². The number of nitrogens with zero attached hydrogens (tertiary/aromatic N) is 5. The second-order valence-electron chi connectivity index (χ2n) is 10.4. The number of anilines is 1. The van der Waals surface area contributed by atoms with Crippen LogP contribution in [0.1, 0.15) is 52.0 Å². The third-order valence-corrected chi connectivity index (χ3v) is 8.48. The smallest absolute Gasteiger partial charge is 0.345 e. The molecule has 1 aliphatic carbocycles. The second-order valence-corrected chi connectivity index (χ2v) is 11.3. The zero-order chi connectivity index (χ0) is 25.7. The Hall–Kier alpha value is -2.31. The number of aromatic nitrogens is 1. The molecule has 0 spiro atoms. The molecule has 2 heterocycles. The van der Waals surface area contributed by atoms with Gasteiger partial charge in [0, 0.05) is 44.8 Å². The van der Waals surface area contributed by atoms with Crippen molar-refractivity contribution in [1.29, 1.82) is 0 Å². The fourth-order valence-electron chi connectivity index (χ4n) is 5.13. The van der Waals surface area contributed by atoms with Crippen LogP contribution < -0.4 is 10.5 Å². The molecule has 2 aliphatic rings. The minimum atomic E-state index is -4.80. The van der Waals surface area contributed by atoms with Gasteiger partial charge < -0.3 is 4.90 Å². The van der Waals surface area contributed by atoms with Crippen LogP contribution >= 0.6 is 11.3 Å². The Bertz CT molecular complexity index is 1180. The third kappa shape index (κ3) is 5.29. The number of fused-ring (bicyclic) bond motifs is 1. The summed E-state index contributed by atoms with van der Waals surface area (Å²) >= 11 is 0.895. The Balaban J connectivity index is 1.57. The van der Waals surface area contributed by atoms with Crippen molar-refractivity contribution in [2.24, 2.45) is 5.41 Å². The van der Waals surface area contributed by atoms with Crippen molar-refractivity contribution >= 4 is 32.2 Å². The molecule has 1 aliphatic heterocycles. The normalized spacial score (nSPS) is 22.2. The Kier molecular flexibility index (Phi) is 6.84. The maximum absolute atomic E-state index is 13.2. The van der Waals surface area contributed by atoms with E-state index in [1.807, 2.05) is 4.90 Å². The molecule has 1 aromatic carbocycles. The van der Waals surface area contributed by atoms with Gasteiger partial charge in [0.2, 0.25) is 0 Å². The van der Waals surface area contributed by atoms with E-state index in [9.17, 15) is 28.1 Å². The fourth-order valence-corrected chi connectivity index (χ4v) is 6.23. The highest BCUT2D eigenvalue weighted by molar-refractivity contribution is 7.22. The predicted molar refractivity (Wildman–Crippen MR) is 130 cm³/mol. The summed E-state index contributed by atoms with van der Waals surface area (Å²) in [5.74, 6) is 0. The molecule has 1 unspecified atom stereocenters. The number of rotatable bonds is 4. The molecule has 35 heavy (non-hydrogen) atoms. The zero-order valence-electron chi connectivity index (χ0n) is 20.3. The van der Waals surface area contributed by atoms with Gasteiger partial charge in [-0.15, -0.1) is 0 Å². The van der Waals surface area contributed by atoms with Crippen molar-refractivity contribution < 1.29 is 18.1 Å². The highest BCUT2D eigenvalue weighted by Gasteiger charge is 2.36. The molecule has 1 saturated heterocycles. The zero-order valence-corrected chi connectivity index (χ0v) is 21.1. The van der Waals surface area contributed by atoms with E-state index in [2.05, 4.69) is 42.8 Å². The van der Waals surface area contributed by atoms with E-state index in [4.69, 9.17) is 0 Å². The predicted octanol–water partition coefficient (Wildman–Crippen LogP) is 4.91. The maximum atomic E-state index is 13.2. The standard InChI is InChI=1S/C23H30F3N5O3S/c1-14-13-29(9-10-30(14)28(4)16-5-7-22(2,3)8-6-16)21-27-20(32)17-11-15(23(24,25)26)12-18(31(33)34)19(17)35-21/h11-12,14,16H,5-10,13H2,1-4H3. The van der Waals surface area contributed by atoms with Crippen LogP contribution in [-0.2, 0) is 6.18 Å². The molecule has 2 fully saturated rings. The number of hydrogen-bond acceptors (Lipinski definition) is 8. The van der Waals surface area contributed by atoms with E-state index >= 15 is 0 Å². The topological polar surface area (TPSA) is 82.8 Å². The largest absolute Gasteiger partial charge is 0.416 e. The molecular weight excluding hydrogens is 483 g/mol. The van der Waals surface area contributed by atoms with Crippen LogP contribution in [0.3, 0.4) is 0 Å². The minimum absolute atomic E-state index is 0.0879. The van der Waals surface area contributed by atoms with E-state index in [-0.39, 0.29) is 16.1 Å². The SMILES string of the molecule is CC1CN(c2nc(=O)c3cc(C(F)(F)F)cc([N+](=O)[O-])c3s2)CCN1N(C)C1CCC(C)(C)CC1. The van der Waals surface area contributed by atoms with E-state index < -0.39 is 27.9 Å². The Morgan fingerprint density at radius 2 is 1.89 bits per heavy atom. The highest BCUT2D eigenvalue weighted by Crippen LogP contribution is 2.39. The van der Waals surface area contributed by atoms with Gasteiger partial charge in [0.25, 0.3) is 11.2 Å². The average Bonchev–Trinajstić information content (AvgIpc) is 2.77. The number of halogens is 3. The fraction of sp³-hybridized carbons (Fsp3) is 0.652. The first-order chi connectivity index (χ1) is 16.3. The van der Waals surface area contributed by atoms with Gasteiger partial charge in [-0.05, 0) is 44.1 Å². The number of hydrazine groups is 1. The lowest BCUT2D eigenvalue weighted by Gasteiger charge is -2.48. The van der Waals surface area contributed by atoms with Crippen LogP contribution in [0.25, 0.3) is 10.1 Å². The lowest BCUT2D eigenvalue weighted by Crippen LogP contribution is -2.60. The molecule has 1 atom stereocenters. The van der Waals surface area contributed by atoms with Gasteiger partial charge in [-0.1, -0.05) is 25.2 Å². The van der Waals surface area contributed by atoms with Crippen LogP contribution in [0, 0.1) is 15.5 Å². The molecule has 8 nitrogen and oxygen atoms in total. The van der Waals surface area contributed by atoms with Gasteiger partial charge in [-0.3, -0.25) is 14.9 Å². The quantitative estimate of drug-likeness (QED) is 0.424. The number of alkyl halides is 3. The molecule has 12 heteroatoms. The molecule has 0 amide bonds. The van der Waals surface area contributed by atoms with E-state index in [1.165, 1.54) is 12.8 Å². The molecule has 1 aromatic heterocycles. The lowest BCUT2D eigenvalue weighted by molar-refractivity contribution is -0.383. The van der Waals surface area contributed by atoms with Gasteiger partial charge in [-0.25, -0.2) is 10.0 Å². The molecule has 0 N–H and O–H groups in total. The van der Waals surface area contributed by atoms with E-state index in [0.29, 0.717) is 48.4 Å². The molecule has 0 bridgehead atoms. The summed E-state index contributed by atoms with van der Waals surface area (Å²) < 4.78 is 39.6. The summed E-state index contributed by atoms with van der Waals surface area (Å²) in [6.07, 6.45) is -0.178. The number of nitro benzene ring substituents is 1. The second kappa shape index (κ2) is 9.29. The number of piperazine rings is 1. The lowest BCUT2D eigenvalue weighted by atomic mass is 9.75. The summed E-state index contributed by atoms with van der Waals surface area (Å²) in [5, 5.41) is 16.1. The number of nitro groups is 1. The summed E-state index contributed by atoms with van der Waals surface area (Å²) in [7, 11) is 2.11. The summed E-state index contributed by atoms with van der Waals surface area (Å²) in [5.41, 5.74) is -2.47. The van der Waals surface area contributed by atoms with Crippen molar-refractivity contribution in [3.63, 3.8) is 0 Å². The highest BCUT2D eigenvalue weighted by atomic mass is 32.1.